The summed E-state index contributed by atoms with van der Waals surface area (Å²) in [5.41, 5.74) is -1.32. The molecule has 3 atom stereocenters. The Morgan fingerprint density at radius 3 is 2.21 bits per heavy atom. The number of carbonyl (C=O) groups is 2. The molecule has 0 spiro atoms. The van der Waals surface area contributed by atoms with E-state index in [1.54, 1.807) is 65.6 Å². The number of rotatable bonds is 8. The predicted octanol–water partition coefficient (Wildman–Crippen LogP) is 4.21. The lowest BCUT2D eigenvalue weighted by Gasteiger charge is -2.49. The Bertz CT molecular complexity index is 967. The van der Waals surface area contributed by atoms with E-state index in [0.29, 0.717) is 30.8 Å². The van der Waals surface area contributed by atoms with Gasteiger partial charge in [-0.2, -0.15) is 0 Å². The lowest BCUT2D eigenvalue weighted by molar-refractivity contribution is -0.257. The Morgan fingerprint density at radius 1 is 1.03 bits per heavy atom. The van der Waals surface area contributed by atoms with Crippen molar-refractivity contribution >= 4 is 17.4 Å². The van der Waals surface area contributed by atoms with Crippen LogP contribution >= 0.6 is 0 Å². The first-order valence-electron chi connectivity index (χ1n) is 11.6. The molecule has 2 fully saturated rings. The van der Waals surface area contributed by atoms with Gasteiger partial charge in [0.25, 0.3) is 11.7 Å². The molecule has 4 rings (SSSR count). The molecule has 3 unspecified atom stereocenters. The zero-order valence-electron chi connectivity index (χ0n) is 19.2. The number of methoxy groups -OCH3 is 1. The third kappa shape index (κ3) is 3.59. The highest BCUT2D eigenvalue weighted by molar-refractivity contribution is 6.15. The Kier molecular flexibility index (Phi) is 6.93. The van der Waals surface area contributed by atoms with Crippen molar-refractivity contribution in [1.29, 1.82) is 0 Å². The van der Waals surface area contributed by atoms with Gasteiger partial charge in [-0.1, -0.05) is 61.9 Å². The fourth-order valence-electron chi connectivity index (χ4n) is 5.14. The number of Topliss-reactive ketones (excluding diaryl/α,β-unsaturated/α-hetero) is 1. The summed E-state index contributed by atoms with van der Waals surface area (Å²) >= 11 is 0. The van der Waals surface area contributed by atoms with Gasteiger partial charge in [0.15, 0.2) is 11.3 Å². The molecule has 2 aromatic carbocycles. The Morgan fingerprint density at radius 2 is 1.64 bits per heavy atom. The van der Waals surface area contributed by atoms with Gasteiger partial charge in [0.2, 0.25) is 6.30 Å². The fourth-order valence-corrected chi connectivity index (χ4v) is 5.14. The van der Waals surface area contributed by atoms with Crippen molar-refractivity contribution in [2.45, 2.75) is 50.2 Å². The van der Waals surface area contributed by atoms with Crippen molar-refractivity contribution in [3.05, 3.63) is 66.2 Å². The second-order valence-corrected chi connectivity index (χ2v) is 8.52. The van der Waals surface area contributed by atoms with E-state index in [2.05, 4.69) is 0 Å². The number of benzene rings is 2. The van der Waals surface area contributed by atoms with Crippen LogP contribution in [0.15, 0.2) is 60.7 Å². The molecule has 176 valence electrons. The van der Waals surface area contributed by atoms with E-state index in [1.807, 2.05) is 6.92 Å². The van der Waals surface area contributed by atoms with Gasteiger partial charge in [-0.3, -0.25) is 19.4 Å². The quantitative estimate of drug-likeness (QED) is 0.340. The van der Waals surface area contributed by atoms with Gasteiger partial charge >= 0.3 is 0 Å². The molecule has 0 saturated carbocycles. The minimum absolute atomic E-state index is 0.145. The Balaban J connectivity index is 1.98. The number of hydrogen-bond donors (Lipinski definition) is 0. The van der Waals surface area contributed by atoms with Gasteiger partial charge in [-0.25, -0.2) is 4.39 Å². The van der Waals surface area contributed by atoms with Crippen molar-refractivity contribution < 1.29 is 23.5 Å². The maximum Gasteiger partial charge on any atom is 0.292 e. The second kappa shape index (κ2) is 9.71. The van der Waals surface area contributed by atoms with Crippen molar-refractivity contribution in [3.63, 3.8) is 0 Å². The van der Waals surface area contributed by atoms with Crippen LogP contribution in [-0.4, -0.2) is 61.0 Å². The lowest BCUT2D eigenvalue weighted by atomic mass is 9.79. The predicted molar refractivity (Wildman–Crippen MR) is 124 cm³/mol. The average molecular weight is 455 g/mol. The number of amides is 1. The normalized spacial score (nSPS) is 28.3. The van der Waals surface area contributed by atoms with Crippen molar-refractivity contribution in [1.82, 2.24) is 4.90 Å². The summed E-state index contributed by atoms with van der Waals surface area (Å²) in [4.78, 5) is 31.2. The number of hydrogen-bond acceptors (Lipinski definition) is 5. The van der Waals surface area contributed by atoms with Crippen LogP contribution in [-0.2, 0) is 14.3 Å². The molecule has 2 aromatic rings. The number of likely N-dealkylation sites (tertiary alicyclic amines) is 1. The molecule has 1 amide bonds. The molecule has 0 radical (unpaired) electrons. The van der Waals surface area contributed by atoms with Crippen molar-refractivity contribution in [3.8, 4) is 0 Å². The van der Waals surface area contributed by atoms with Crippen LogP contribution in [0.3, 0.4) is 0 Å². The van der Waals surface area contributed by atoms with Crippen LogP contribution in [0.25, 0.3) is 0 Å². The summed E-state index contributed by atoms with van der Waals surface area (Å²) in [5, 5.41) is 0. The van der Waals surface area contributed by atoms with Gasteiger partial charge in [-0.05, 0) is 44.5 Å². The van der Waals surface area contributed by atoms with Crippen LogP contribution in [0.4, 0.5) is 10.1 Å². The van der Waals surface area contributed by atoms with Crippen LogP contribution in [0.1, 0.15) is 43.0 Å². The van der Waals surface area contributed by atoms with E-state index in [1.165, 1.54) is 7.11 Å². The number of anilines is 1. The standard InChI is InChI=1S/C26H31FN2O4/c1-3-19-33-26(32-2)24(31)29(21-15-9-5-10-16-21)23(27)25(26,28-17-11-6-12-18-28)22(30)20-13-7-4-8-14-20/h4-5,7-10,13-16,23H,3,6,11-12,17-19H2,1-2H3. The highest BCUT2D eigenvalue weighted by Gasteiger charge is 2.78. The van der Waals surface area contributed by atoms with Gasteiger partial charge in [0.05, 0.1) is 6.61 Å². The highest BCUT2D eigenvalue weighted by atomic mass is 19.1. The fraction of sp³-hybridized carbons (Fsp3) is 0.462. The summed E-state index contributed by atoms with van der Waals surface area (Å²) in [5.74, 6) is -3.34. The molecule has 2 heterocycles. The first-order valence-corrected chi connectivity index (χ1v) is 11.6. The van der Waals surface area contributed by atoms with Gasteiger partial charge in [0, 0.05) is 18.4 Å². The zero-order valence-corrected chi connectivity index (χ0v) is 19.2. The van der Waals surface area contributed by atoms with E-state index in [-0.39, 0.29) is 6.61 Å². The molecular weight excluding hydrogens is 423 g/mol. The smallest absolute Gasteiger partial charge is 0.292 e. The molecule has 0 aromatic heterocycles. The molecule has 0 bridgehead atoms. The van der Waals surface area contributed by atoms with E-state index >= 15 is 4.39 Å². The van der Waals surface area contributed by atoms with E-state index in [9.17, 15) is 9.59 Å². The number of ketones is 1. The second-order valence-electron chi connectivity index (χ2n) is 8.52. The SMILES string of the molecule is CCCOC1(OC)C(=O)N(c2ccccc2)C(F)C1(C(=O)c1ccccc1)N1CCCCC1. The summed E-state index contributed by atoms with van der Waals surface area (Å²) in [6, 6.07) is 17.1. The van der Waals surface area contributed by atoms with Crippen LogP contribution in [0.2, 0.25) is 0 Å². The third-order valence-electron chi connectivity index (χ3n) is 6.64. The minimum Gasteiger partial charge on any atom is -0.344 e. The van der Waals surface area contributed by atoms with Crippen LogP contribution in [0, 0.1) is 0 Å². The summed E-state index contributed by atoms with van der Waals surface area (Å²) < 4.78 is 28.9. The topological polar surface area (TPSA) is 59.1 Å². The third-order valence-corrected chi connectivity index (χ3v) is 6.64. The lowest BCUT2D eigenvalue weighted by Crippen LogP contribution is -2.73. The monoisotopic (exact) mass is 454 g/mol. The summed E-state index contributed by atoms with van der Waals surface area (Å²) in [6.07, 6.45) is 1.15. The Hall–Kier alpha value is -2.61. The number of ether oxygens (including phenoxy) is 2. The van der Waals surface area contributed by atoms with Gasteiger partial charge < -0.3 is 9.47 Å². The van der Waals surface area contributed by atoms with E-state index in [0.717, 1.165) is 24.2 Å². The number of halogens is 1. The van der Waals surface area contributed by atoms with Gasteiger partial charge in [0.1, 0.15) is 0 Å². The molecule has 6 nitrogen and oxygen atoms in total. The molecule has 7 heteroatoms. The summed E-state index contributed by atoms with van der Waals surface area (Å²) in [6.45, 7) is 2.98. The maximum atomic E-state index is 17.0. The molecule has 33 heavy (non-hydrogen) atoms. The first kappa shape index (κ1) is 23.5. The number of carbonyl (C=O) groups excluding carboxylic acids is 2. The average Bonchev–Trinajstić information content (AvgIpc) is 3.07. The van der Waals surface area contributed by atoms with Crippen LogP contribution < -0.4 is 4.90 Å². The number of piperidine rings is 1. The van der Waals surface area contributed by atoms with Gasteiger partial charge in [-0.15, -0.1) is 0 Å². The van der Waals surface area contributed by atoms with E-state index in [4.69, 9.17) is 9.47 Å². The molecule has 2 aliphatic heterocycles. The zero-order chi connectivity index (χ0) is 23.5. The van der Waals surface area contributed by atoms with Crippen molar-refractivity contribution in [2.75, 3.05) is 31.7 Å². The number of alkyl halides is 1. The largest absolute Gasteiger partial charge is 0.344 e. The molecule has 2 saturated heterocycles. The molecule has 0 N–H and O–H groups in total. The molecular formula is C26H31FN2O4. The van der Waals surface area contributed by atoms with Crippen LogP contribution in [0.5, 0.6) is 0 Å². The maximum absolute atomic E-state index is 17.0. The number of para-hydroxylation sites is 1. The Labute approximate surface area is 194 Å². The first-order chi connectivity index (χ1) is 16.0. The van der Waals surface area contributed by atoms with E-state index < -0.39 is 29.3 Å². The number of nitrogens with zero attached hydrogens (tertiary/aromatic N) is 2. The summed E-state index contributed by atoms with van der Waals surface area (Å²) in [7, 11) is 1.33. The minimum atomic E-state index is -2.12. The highest BCUT2D eigenvalue weighted by Crippen LogP contribution is 2.50. The van der Waals surface area contributed by atoms with Crippen molar-refractivity contribution in [2.24, 2.45) is 0 Å². The molecule has 0 aliphatic carbocycles. The molecule has 2 aliphatic rings.